The van der Waals surface area contributed by atoms with E-state index in [4.69, 9.17) is 0 Å². The van der Waals surface area contributed by atoms with Crippen LogP contribution in [-0.4, -0.2) is 17.4 Å². The number of hydrogen-bond donors (Lipinski definition) is 1. The molecule has 4 nitrogen and oxygen atoms in total. The molecule has 1 unspecified atom stereocenters. The Morgan fingerprint density at radius 1 is 0.812 bits per heavy atom. The van der Waals surface area contributed by atoms with Crippen LogP contribution in [0.1, 0.15) is 23.7 Å². The highest BCUT2D eigenvalue weighted by Gasteiger charge is 2.24. The SMILES string of the molecule is O=C(CCN1c2ccccc2Sc2ccccc21)NC(c1ccccc1)c1ccccn1. The minimum Gasteiger partial charge on any atom is -0.344 e. The van der Waals surface area contributed by atoms with E-state index in [-0.39, 0.29) is 11.9 Å². The Hall–Kier alpha value is -3.57. The van der Waals surface area contributed by atoms with Crippen LogP contribution >= 0.6 is 11.8 Å². The van der Waals surface area contributed by atoms with Crippen LogP contribution in [0, 0.1) is 0 Å². The predicted octanol–water partition coefficient (Wildman–Crippen LogP) is 5.98. The molecule has 4 aromatic rings. The first-order valence-corrected chi connectivity index (χ1v) is 11.5. The number of benzene rings is 3. The molecule has 0 fully saturated rings. The third kappa shape index (κ3) is 4.25. The summed E-state index contributed by atoms with van der Waals surface area (Å²) in [5, 5.41) is 3.20. The number of aromatic nitrogens is 1. The van der Waals surface area contributed by atoms with E-state index in [9.17, 15) is 4.79 Å². The molecule has 0 radical (unpaired) electrons. The smallest absolute Gasteiger partial charge is 0.222 e. The Morgan fingerprint density at radius 2 is 1.44 bits per heavy atom. The van der Waals surface area contributed by atoms with E-state index in [0.29, 0.717) is 13.0 Å². The Bertz CT molecular complexity index is 1130. The number of pyridine rings is 1. The van der Waals surface area contributed by atoms with Crippen molar-refractivity contribution in [2.45, 2.75) is 22.3 Å². The van der Waals surface area contributed by atoms with Crippen molar-refractivity contribution in [3.63, 3.8) is 0 Å². The lowest BCUT2D eigenvalue weighted by Gasteiger charge is -2.32. The molecule has 1 atom stereocenters. The monoisotopic (exact) mass is 437 g/mol. The molecule has 5 heteroatoms. The molecule has 1 aromatic heterocycles. The molecule has 0 spiro atoms. The summed E-state index contributed by atoms with van der Waals surface area (Å²) in [6.07, 6.45) is 2.14. The van der Waals surface area contributed by atoms with Crippen molar-refractivity contribution in [2.75, 3.05) is 11.4 Å². The maximum Gasteiger partial charge on any atom is 0.222 e. The number of amides is 1. The normalized spacial score (nSPS) is 13.1. The summed E-state index contributed by atoms with van der Waals surface area (Å²) in [5.41, 5.74) is 4.14. The van der Waals surface area contributed by atoms with Gasteiger partial charge in [-0.2, -0.15) is 0 Å². The van der Waals surface area contributed by atoms with Gasteiger partial charge in [0.2, 0.25) is 5.91 Å². The molecule has 1 aliphatic heterocycles. The number of anilines is 2. The number of carbonyl (C=O) groups is 1. The maximum atomic E-state index is 13.1. The third-order valence-corrected chi connectivity index (χ3v) is 6.65. The number of carbonyl (C=O) groups excluding carboxylic acids is 1. The zero-order chi connectivity index (χ0) is 21.8. The van der Waals surface area contributed by atoms with Crippen molar-refractivity contribution in [1.29, 1.82) is 0 Å². The van der Waals surface area contributed by atoms with E-state index in [1.165, 1.54) is 9.79 Å². The molecule has 0 saturated carbocycles. The lowest BCUT2D eigenvalue weighted by molar-refractivity contribution is -0.121. The summed E-state index contributed by atoms with van der Waals surface area (Å²) in [6.45, 7) is 0.601. The molecular weight excluding hydrogens is 414 g/mol. The quantitative estimate of drug-likeness (QED) is 0.403. The molecule has 32 heavy (non-hydrogen) atoms. The van der Waals surface area contributed by atoms with Crippen LogP contribution < -0.4 is 10.2 Å². The summed E-state index contributed by atoms with van der Waals surface area (Å²) in [7, 11) is 0. The van der Waals surface area contributed by atoms with Crippen LogP contribution in [0.4, 0.5) is 11.4 Å². The Morgan fingerprint density at radius 3 is 2.09 bits per heavy atom. The van der Waals surface area contributed by atoms with Gasteiger partial charge in [-0.3, -0.25) is 9.78 Å². The van der Waals surface area contributed by atoms with E-state index < -0.39 is 0 Å². The molecule has 2 heterocycles. The van der Waals surface area contributed by atoms with E-state index in [0.717, 1.165) is 22.6 Å². The van der Waals surface area contributed by atoms with Gasteiger partial charge >= 0.3 is 0 Å². The standard InChI is InChI=1S/C27H23N3OS/c31-26(29-27(20-10-2-1-3-11-20)21-12-8-9-18-28-21)17-19-30-22-13-4-6-15-24(22)32-25-16-7-5-14-23(25)30/h1-16,18,27H,17,19H2,(H,29,31). The maximum absolute atomic E-state index is 13.1. The molecule has 3 aromatic carbocycles. The van der Waals surface area contributed by atoms with Gasteiger partial charge in [-0.15, -0.1) is 0 Å². The lowest BCUT2D eigenvalue weighted by atomic mass is 10.0. The van der Waals surface area contributed by atoms with Gasteiger partial charge < -0.3 is 10.2 Å². The Kier molecular flexibility index (Phi) is 5.90. The highest BCUT2D eigenvalue weighted by Crippen LogP contribution is 2.47. The molecular formula is C27H23N3OS. The second kappa shape index (κ2) is 9.28. The Balaban J connectivity index is 1.36. The van der Waals surface area contributed by atoms with Gasteiger partial charge in [0.05, 0.1) is 23.1 Å². The van der Waals surface area contributed by atoms with Crippen LogP contribution in [0.3, 0.4) is 0 Å². The fraction of sp³-hybridized carbons (Fsp3) is 0.111. The molecule has 0 saturated heterocycles. The minimum absolute atomic E-state index is 0.00213. The summed E-state index contributed by atoms with van der Waals surface area (Å²) in [5.74, 6) is -0.00213. The predicted molar refractivity (Wildman–Crippen MR) is 129 cm³/mol. The van der Waals surface area contributed by atoms with Crippen LogP contribution in [-0.2, 0) is 4.79 Å². The topological polar surface area (TPSA) is 45.2 Å². The van der Waals surface area contributed by atoms with Crippen LogP contribution in [0.15, 0.2) is 113 Å². The number of para-hydroxylation sites is 2. The fourth-order valence-corrected chi connectivity index (χ4v) is 5.08. The van der Waals surface area contributed by atoms with Crippen LogP contribution in [0.5, 0.6) is 0 Å². The van der Waals surface area contributed by atoms with Crippen molar-refractivity contribution < 1.29 is 4.79 Å². The van der Waals surface area contributed by atoms with Crippen molar-refractivity contribution in [2.24, 2.45) is 0 Å². The number of nitrogens with one attached hydrogen (secondary N) is 1. The molecule has 1 N–H and O–H groups in total. The number of hydrogen-bond acceptors (Lipinski definition) is 4. The van der Waals surface area contributed by atoms with Crippen molar-refractivity contribution in [1.82, 2.24) is 10.3 Å². The molecule has 0 bridgehead atoms. The molecule has 1 aliphatic rings. The summed E-state index contributed by atoms with van der Waals surface area (Å²) in [6, 6.07) is 32.2. The first-order chi connectivity index (χ1) is 15.8. The lowest BCUT2D eigenvalue weighted by Crippen LogP contribution is -2.33. The summed E-state index contributed by atoms with van der Waals surface area (Å²) >= 11 is 1.78. The second-order valence-corrected chi connectivity index (χ2v) is 8.69. The average molecular weight is 438 g/mol. The largest absolute Gasteiger partial charge is 0.344 e. The zero-order valence-electron chi connectivity index (χ0n) is 17.5. The number of nitrogens with zero attached hydrogens (tertiary/aromatic N) is 2. The Labute approximate surface area is 192 Å². The van der Waals surface area contributed by atoms with Gasteiger partial charge in [0.1, 0.15) is 0 Å². The summed E-state index contributed by atoms with van der Waals surface area (Å²) < 4.78 is 0. The second-order valence-electron chi connectivity index (χ2n) is 7.60. The highest BCUT2D eigenvalue weighted by atomic mass is 32.2. The van der Waals surface area contributed by atoms with E-state index in [1.54, 1.807) is 18.0 Å². The zero-order valence-corrected chi connectivity index (χ0v) is 18.3. The van der Waals surface area contributed by atoms with Gasteiger partial charge in [-0.1, -0.05) is 72.4 Å². The molecule has 1 amide bonds. The van der Waals surface area contributed by atoms with Crippen molar-refractivity contribution in [3.8, 4) is 0 Å². The number of fused-ring (bicyclic) bond motifs is 2. The van der Waals surface area contributed by atoms with E-state index in [2.05, 4.69) is 51.6 Å². The van der Waals surface area contributed by atoms with Gasteiger partial charge in [0.15, 0.2) is 0 Å². The van der Waals surface area contributed by atoms with Gasteiger partial charge in [-0.05, 0) is 42.0 Å². The molecule has 5 rings (SSSR count). The fourth-order valence-electron chi connectivity index (χ4n) is 3.99. The van der Waals surface area contributed by atoms with E-state index in [1.807, 2.05) is 60.7 Å². The van der Waals surface area contributed by atoms with Gasteiger partial charge in [-0.25, -0.2) is 0 Å². The van der Waals surface area contributed by atoms with Crippen molar-refractivity contribution in [3.05, 3.63) is 115 Å². The first-order valence-electron chi connectivity index (χ1n) is 10.7. The van der Waals surface area contributed by atoms with Crippen molar-refractivity contribution >= 4 is 29.0 Å². The van der Waals surface area contributed by atoms with E-state index >= 15 is 0 Å². The number of rotatable bonds is 6. The third-order valence-electron chi connectivity index (χ3n) is 5.52. The summed E-state index contributed by atoms with van der Waals surface area (Å²) in [4.78, 5) is 22.3. The van der Waals surface area contributed by atoms with Crippen LogP contribution in [0.25, 0.3) is 0 Å². The highest BCUT2D eigenvalue weighted by molar-refractivity contribution is 7.99. The minimum atomic E-state index is -0.276. The molecule has 0 aliphatic carbocycles. The van der Waals surface area contributed by atoms with Crippen LogP contribution in [0.2, 0.25) is 0 Å². The first kappa shape index (κ1) is 20.3. The van der Waals surface area contributed by atoms with Gasteiger partial charge in [0, 0.05) is 29.0 Å². The average Bonchev–Trinajstić information content (AvgIpc) is 2.86. The molecule has 158 valence electrons. The van der Waals surface area contributed by atoms with Gasteiger partial charge in [0.25, 0.3) is 0 Å².